The van der Waals surface area contributed by atoms with Crippen molar-refractivity contribution in [2.24, 2.45) is 7.05 Å². The van der Waals surface area contributed by atoms with Crippen molar-refractivity contribution in [3.63, 3.8) is 0 Å². The summed E-state index contributed by atoms with van der Waals surface area (Å²) >= 11 is 0. The van der Waals surface area contributed by atoms with Crippen molar-refractivity contribution in [2.45, 2.75) is 6.42 Å². The van der Waals surface area contributed by atoms with Crippen LogP contribution in [0.25, 0.3) is 22.4 Å². The molecule has 0 amide bonds. The number of nitrogens with one attached hydrogen (secondary N) is 1. The van der Waals surface area contributed by atoms with Gasteiger partial charge in [0.25, 0.3) is 0 Å². The number of rotatable bonds is 2. The zero-order valence-corrected chi connectivity index (χ0v) is 10.2. The van der Waals surface area contributed by atoms with Crippen LogP contribution in [0.15, 0.2) is 33.6 Å². The van der Waals surface area contributed by atoms with E-state index in [0.717, 1.165) is 16.8 Å². The number of hydrogen-bond donors (Lipinski definition) is 1. The highest BCUT2D eigenvalue weighted by atomic mass is 16.4. The highest BCUT2D eigenvalue weighted by Crippen LogP contribution is 2.22. The Bertz CT molecular complexity index is 848. The van der Waals surface area contributed by atoms with Crippen molar-refractivity contribution >= 4 is 11.1 Å². The van der Waals surface area contributed by atoms with Crippen molar-refractivity contribution in [3.8, 4) is 17.3 Å². The fourth-order valence-electron chi connectivity index (χ4n) is 1.97. The van der Waals surface area contributed by atoms with E-state index in [1.807, 2.05) is 18.2 Å². The van der Waals surface area contributed by atoms with E-state index in [0.29, 0.717) is 11.4 Å². The number of H-pyrrole nitrogens is 1. The molecule has 0 radical (unpaired) electrons. The minimum Gasteiger partial charge on any atom is -0.408 e. The highest BCUT2D eigenvalue weighted by molar-refractivity contribution is 5.79. The number of nitrogens with zero attached hydrogens (tertiary/aromatic N) is 3. The lowest BCUT2D eigenvalue weighted by Crippen LogP contribution is -2.08. The fraction of sp³-hybridized carbons (Fsp3) is 0.154. The molecule has 2 aromatic heterocycles. The summed E-state index contributed by atoms with van der Waals surface area (Å²) in [6, 6.07) is 7.48. The third-order valence-corrected chi connectivity index (χ3v) is 2.98. The molecule has 0 spiro atoms. The molecule has 0 unspecified atom stereocenters. The predicted molar refractivity (Wildman–Crippen MR) is 68.4 cm³/mol. The van der Waals surface area contributed by atoms with Crippen LogP contribution in [0.3, 0.4) is 0 Å². The molecule has 0 aliphatic heterocycles. The molecule has 6 heteroatoms. The lowest BCUT2D eigenvalue weighted by Gasteiger charge is -1.98. The van der Waals surface area contributed by atoms with Gasteiger partial charge in [-0.1, -0.05) is 0 Å². The minimum atomic E-state index is -0.387. The number of aryl methyl sites for hydroxylation is 1. The second-order valence-electron chi connectivity index (χ2n) is 4.19. The Balaban J connectivity index is 2.12. The van der Waals surface area contributed by atoms with E-state index in [9.17, 15) is 4.79 Å². The number of fused-ring (bicyclic) bond motifs is 1. The first-order valence-corrected chi connectivity index (χ1v) is 5.70. The molecule has 6 nitrogen and oxygen atoms in total. The average molecular weight is 254 g/mol. The maximum atomic E-state index is 11.4. The Morgan fingerprint density at radius 3 is 3.16 bits per heavy atom. The largest absolute Gasteiger partial charge is 0.419 e. The maximum Gasteiger partial charge on any atom is 0.419 e. The van der Waals surface area contributed by atoms with E-state index in [1.165, 1.54) is 4.57 Å². The Kier molecular flexibility index (Phi) is 2.46. The Morgan fingerprint density at radius 1 is 1.53 bits per heavy atom. The number of benzene rings is 1. The van der Waals surface area contributed by atoms with Gasteiger partial charge in [-0.2, -0.15) is 5.26 Å². The van der Waals surface area contributed by atoms with Crippen LogP contribution in [0, 0.1) is 11.3 Å². The SMILES string of the molecule is Cn1c(=O)oc2ccc(-c3cnc(CC#N)[nH]3)cc21. The molecule has 3 aromatic rings. The summed E-state index contributed by atoms with van der Waals surface area (Å²) in [6.07, 6.45) is 1.92. The number of aromatic nitrogens is 3. The van der Waals surface area contributed by atoms with Crippen LogP contribution in [-0.4, -0.2) is 14.5 Å². The van der Waals surface area contributed by atoms with E-state index in [4.69, 9.17) is 9.68 Å². The van der Waals surface area contributed by atoms with Gasteiger partial charge in [0.2, 0.25) is 0 Å². The minimum absolute atomic E-state index is 0.243. The Hall–Kier alpha value is -2.81. The van der Waals surface area contributed by atoms with Gasteiger partial charge in [-0.25, -0.2) is 9.78 Å². The van der Waals surface area contributed by atoms with Crippen LogP contribution in [0.5, 0.6) is 0 Å². The lowest BCUT2D eigenvalue weighted by atomic mass is 10.1. The van der Waals surface area contributed by atoms with E-state index < -0.39 is 0 Å². The van der Waals surface area contributed by atoms with E-state index in [1.54, 1.807) is 19.3 Å². The molecule has 3 rings (SSSR count). The van der Waals surface area contributed by atoms with Gasteiger partial charge >= 0.3 is 5.76 Å². The van der Waals surface area contributed by atoms with Crippen molar-refractivity contribution in [2.75, 3.05) is 0 Å². The molecule has 94 valence electrons. The Morgan fingerprint density at radius 2 is 2.37 bits per heavy atom. The predicted octanol–water partition coefficient (Wildman–Crippen LogP) is 1.59. The van der Waals surface area contributed by atoms with Crippen LogP contribution in [0.1, 0.15) is 5.82 Å². The van der Waals surface area contributed by atoms with Gasteiger partial charge in [-0.3, -0.25) is 4.57 Å². The molecule has 0 fully saturated rings. The summed E-state index contributed by atoms with van der Waals surface area (Å²) < 4.78 is 6.52. The number of nitriles is 1. The fourth-order valence-corrected chi connectivity index (χ4v) is 1.97. The lowest BCUT2D eigenvalue weighted by molar-refractivity contribution is 0.528. The smallest absolute Gasteiger partial charge is 0.408 e. The van der Waals surface area contributed by atoms with Crippen LogP contribution >= 0.6 is 0 Å². The first kappa shape index (κ1) is 11.3. The van der Waals surface area contributed by atoms with Crippen molar-refractivity contribution in [1.82, 2.24) is 14.5 Å². The molecule has 1 aromatic carbocycles. The third kappa shape index (κ3) is 1.81. The third-order valence-electron chi connectivity index (χ3n) is 2.98. The summed E-state index contributed by atoms with van der Waals surface area (Å²) in [4.78, 5) is 18.6. The number of aromatic amines is 1. The van der Waals surface area contributed by atoms with Crippen molar-refractivity contribution in [3.05, 3.63) is 40.8 Å². The molecule has 2 heterocycles. The molecular formula is C13H10N4O2. The van der Waals surface area contributed by atoms with E-state index in [2.05, 4.69) is 9.97 Å². The number of oxazole rings is 1. The standard InChI is InChI=1S/C13H10N4O2/c1-17-10-6-8(2-3-11(10)19-13(17)18)9-7-15-12(16-9)4-5-14/h2-3,6-7H,4H2,1H3,(H,15,16). The molecule has 0 aliphatic rings. The topological polar surface area (TPSA) is 87.6 Å². The number of hydrogen-bond acceptors (Lipinski definition) is 4. The second-order valence-corrected chi connectivity index (χ2v) is 4.19. The van der Waals surface area contributed by atoms with Gasteiger partial charge in [0.1, 0.15) is 5.82 Å². The molecular weight excluding hydrogens is 244 g/mol. The summed E-state index contributed by atoms with van der Waals surface area (Å²) in [6.45, 7) is 0. The molecule has 0 bridgehead atoms. The molecule has 0 saturated heterocycles. The zero-order chi connectivity index (χ0) is 13.4. The van der Waals surface area contributed by atoms with Crippen LogP contribution in [-0.2, 0) is 13.5 Å². The Labute approximate surface area is 107 Å². The maximum absolute atomic E-state index is 11.4. The zero-order valence-electron chi connectivity index (χ0n) is 10.2. The molecule has 19 heavy (non-hydrogen) atoms. The van der Waals surface area contributed by atoms with Gasteiger partial charge in [-0.05, 0) is 18.2 Å². The van der Waals surface area contributed by atoms with Crippen LogP contribution in [0.4, 0.5) is 0 Å². The first-order valence-electron chi connectivity index (χ1n) is 5.70. The van der Waals surface area contributed by atoms with Crippen LogP contribution in [0.2, 0.25) is 0 Å². The average Bonchev–Trinajstić information content (AvgIpc) is 2.97. The molecule has 1 N–H and O–H groups in total. The van der Waals surface area contributed by atoms with Gasteiger partial charge in [-0.15, -0.1) is 0 Å². The van der Waals surface area contributed by atoms with E-state index in [-0.39, 0.29) is 12.2 Å². The normalized spacial score (nSPS) is 10.7. The highest BCUT2D eigenvalue weighted by Gasteiger charge is 2.09. The summed E-state index contributed by atoms with van der Waals surface area (Å²) in [7, 11) is 1.66. The quantitative estimate of drug-likeness (QED) is 0.752. The summed E-state index contributed by atoms with van der Waals surface area (Å²) in [5, 5.41) is 8.62. The van der Waals surface area contributed by atoms with Crippen molar-refractivity contribution < 1.29 is 4.42 Å². The van der Waals surface area contributed by atoms with E-state index >= 15 is 0 Å². The molecule has 0 aliphatic carbocycles. The van der Waals surface area contributed by atoms with Crippen LogP contribution < -0.4 is 5.76 Å². The monoisotopic (exact) mass is 254 g/mol. The van der Waals surface area contributed by atoms with Crippen molar-refractivity contribution in [1.29, 1.82) is 5.26 Å². The summed E-state index contributed by atoms with van der Waals surface area (Å²) in [5.41, 5.74) is 2.97. The van der Waals surface area contributed by atoms with Gasteiger partial charge < -0.3 is 9.40 Å². The molecule has 0 saturated carbocycles. The second kappa shape index (κ2) is 4.14. The van der Waals surface area contributed by atoms with Gasteiger partial charge in [0, 0.05) is 12.6 Å². The molecule has 0 atom stereocenters. The van der Waals surface area contributed by atoms with Gasteiger partial charge in [0.05, 0.1) is 29.9 Å². The first-order chi connectivity index (χ1) is 9.19. The van der Waals surface area contributed by atoms with Gasteiger partial charge in [0.15, 0.2) is 5.58 Å². The number of imidazole rings is 1. The summed E-state index contributed by atoms with van der Waals surface area (Å²) in [5.74, 6) is 0.237.